The number of halogens is 2. The Kier molecular flexibility index (Phi) is 3.89. The Morgan fingerprint density at radius 1 is 1.22 bits per heavy atom. The van der Waals surface area contributed by atoms with Crippen molar-refractivity contribution in [3.63, 3.8) is 0 Å². The van der Waals surface area contributed by atoms with Gasteiger partial charge in [-0.1, -0.05) is 11.6 Å². The lowest BCUT2D eigenvalue weighted by Gasteiger charge is -2.06. The lowest BCUT2D eigenvalue weighted by molar-refractivity contribution is 0.181. The fourth-order valence-electron chi connectivity index (χ4n) is 1.68. The zero-order chi connectivity index (χ0) is 13.1. The third kappa shape index (κ3) is 3.03. The van der Waals surface area contributed by atoms with Crippen molar-refractivity contribution in [2.75, 3.05) is 7.11 Å². The van der Waals surface area contributed by atoms with E-state index in [0.29, 0.717) is 28.8 Å². The maximum absolute atomic E-state index is 13.3. The molecule has 0 aliphatic carbocycles. The smallest absolute Gasteiger partial charge is 0.161 e. The van der Waals surface area contributed by atoms with Gasteiger partial charge in [-0.3, -0.25) is 0 Å². The van der Waals surface area contributed by atoms with Crippen LogP contribution in [0.15, 0.2) is 24.3 Å². The van der Waals surface area contributed by atoms with E-state index in [2.05, 4.69) is 9.97 Å². The highest BCUT2D eigenvalue weighted by molar-refractivity contribution is 6.29. The van der Waals surface area contributed by atoms with E-state index in [1.165, 1.54) is 12.1 Å². The Labute approximate surface area is 110 Å². The van der Waals surface area contributed by atoms with Gasteiger partial charge in [-0.2, -0.15) is 0 Å². The predicted molar refractivity (Wildman–Crippen MR) is 67.9 cm³/mol. The Morgan fingerprint density at radius 3 is 2.67 bits per heavy atom. The van der Waals surface area contributed by atoms with Crippen LogP contribution in [0.5, 0.6) is 0 Å². The van der Waals surface area contributed by atoms with Crippen molar-refractivity contribution in [2.45, 2.75) is 13.5 Å². The molecule has 0 saturated carbocycles. The summed E-state index contributed by atoms with van der Waals surface area (Å²) < 4.78 is 18.3. The zero-order valence-corrected chi connectivity index (χ0v) is 10.8. The van der Waals surface area contributed by atoms with Crippen LogP contribution in [0.2, 0.25) is 5.15 Å². The summed E-state index contributed by atoms with van der Waals surface area (Å²) in [6.45, 7) is 2.15. The molecule has 0 spiro atoms. The molecule has 0 saturated heterocycles. The van der Waals surface area contributed by atoms with Crippen molar-refractivity contribution < 1.29 is 9.13 Å². The second-order valence-electron chi connectivity index (χ2n) is 3.96. The molecule has 1 aromatic carbocycles. The third-order valence-corrected chi connectivity index (χ3v) is 2.53. The SMILES string of the molecule is COCc1cc(Cl)nc(-c2cc(C)cc(F)c2)n1. The molecule has 0 fully saturated rings. The lowest BCUT2D eigenvalue weighted by Crippen LogP contribution is -1.98. The highest BCUT2D eigenvalue weighted by Crippen LogP contribution is 2.21. The van der Waals surface area contributed by atoms with Gasteiger partial charge in [0.25, 0.3) is 0 Å². The van der Waals surface area contributed by atoms with Gasteiger partial charge in [-0.25, -0.2) is 14.4 Å². The van der Waals surface area contributed by atoms with E-state index in [0.717, 1.165) is 5.56 Å². The quantitative estimate of drug-likeness (QED) is 0.799. The van der Waals surface area contributed by atoms with Crippen molar-refractivity contribution in [1.29, 1.82) is 0 Å². The number of rotatable bonds is 3. The molecule has 0 radical (unpaired) electrons. The van der Waals surface area contributed by atoms with Crippen LogP contribution in [0.25, 0.3) is 11.4 Å². The number of nitrogens with zero attached hydrogens (tertiary/aromatic N) is 2. The molecule has 0 aliphatic rings. The normalized spacial score (nSPS) is 10.7. The molecule has 1 aromatic heterocycles. The first kappa shape index (κ1) is 12.9. The second-order valence-corrected chi connectivity index (χ2v) is 4.34. The van der Waals surface area contributed by atoms with Gasteiger partial charge in [0.2, 0.25) is 0 Å². The number of hydrogen-bond acceptors (Lipinski definition) is 3. The van der Waals surface area contributed by atoms with Crippen LogP contribution in [0.1, 0.15) is 11.3 Å². The molecular weight excluding hydrogens is 255 g/mol. The average Bonchev–Trinajstić information content (AvgIpc) is 2.27. The van der Waals surface area contributed by atoms with Crippen LogP contribution >= 0.6 is 11.6 Å². The minimum Gasteiger partial charge on any atom is -0.378 e. The molecule has 1 heterocycles. The molecular formula is C13H12ClFN2O. The fourth-order valence-corrected chi connectivity index (χ4v) is 1.89. The molecule has 2 aromatic rings. The van der Waals surface area contributed by atoms with Crippen LogP contribution in [-0.2, 0) is 11.3 Å². The van der Waals surface area contributed by atoms with Crippen LogP contribution in [0, 0.1) is 12.7 Å². The fraction of sp³-hybridized carbons (Fsp3) is 0.231. The van der Waals surface area contributed by atoms with Crippen molar-refractivity contribution >= 4 is 11.6 Å². The topological polar surface area (TPSA) is 35.0 Å². The van der Waals surface area contributed by atoms with Crippen molar-refractivity contribution in [3.8, 4) is 11.4 Å². The summed E-state index contributed by atoms with van der Waals surface area (Å²) in [5.74, 6) is 0.0824. The Morgan fingerprint density at radius 2 is 2.00 bits per heavy atom. The largest absolute Gasteiger partial charge is 0.378 e. The first-order valence-corrected chi connectivity index (χ1v) is 5.76. The molecule has 0 atom stereocenters. The van der Waals surface area contributed by atoms with E-state index in [4.69, 9.17) is 16.3 Å². The number of aromatic nitrogens is 2. The zero-order valence-electron chi connectivity index (χ0n) is 10.1. The minimum absolute atomic E-state index is 0.314. The van der Waals surface area contributed by atoms with Gasteiger partial charge < -0.3 is 4.74 Å². The van der Waals surface area contributed by atoms with Gasteiger partial charge in [0.1, 0.15) is 11.0 Å². The Bertz CT molecular complexity index is 555. The van der Waals surface area contributed by atoms with Gasteiger partial charge in [0, 0.05) is 12.7 Å². The minimum atomic E-state index is -0.318. The molecule has 0 bridgehead atoms. The number of methoxy groups -OCH3 is 1. The number of ether oxygens (including phenoxy) is 1. The number of aryl methyl sites for hydroxylation is 1. The first-order valence-electron chi connectivity index (χ1n) is 5.38. The molecule has 0 N–H and O–H groups in total. The van der Waals surface area contributed by atoms with Crippen LogP contribution < -0.4 is 0 Å². The van der Waals surface area contributed by atoms with Gasteiger partial charge in [0.15, 0.2) is 5.82 Å². The van der Waals surface area contributed by atoms with E-state index in [-0.39, 0.29) is 5.82 Å². The van der Waals surface area contributed by atoms with E-state index in [1.807, 2.05) is 13.0 Å². The maximum atomic E-state index is 13.3. The van der Waals surface area contributed by atoms with Crippen LogP contribution in [0.4, 0.5) is 4.39 Å². The van der Waals surface area contributed by atoms with Crippen molar-refractivity contribution in [1.82, 2.24) is 9.97 Å². The summed E-state index contributed by atoms with van der Waals surface area (Å²) in [6, 6.07) is 6.27. The Balaban J connectivity index is 2.49. The predicted octanol–water partition coefficient (Wildman–Crippen LogP) is 3.39. The first-order chi connectivity index (χ1) is 8.58. The van der Waals surface area contributed by atoms with Gasteiger partial charge >= 0.3 is 0 Å². The average molecular weight is 267 g/mol. The summed E-state index contributed by atoms with van der Waals surface area (Å²) >= 11 is 5.91. The monoisotopic (exact) mass is 266 g/mol. The summed E-state index contributed by atoms with van der Waals surface area (Å²) in [6.07, 6.45) is 0. The van der Waals surface area contributed by atoms with Crippen LogP contribution in [0.3, 0.4) is 0 Å². The van der Waals surface area contributed by atoms with Gasteiger partial charge in [-0.15, -0.1) is 0 Å². The van der Waals surface area contributed by atoms with E-state index >= 15 is 0 Å². The summed E-state index contributed by atoms with van der Waals surface area (Å²) in [5.41, 5.74) is 2.07. The summed E-state index contributed by atoms with van der Waals surface area (Å²) in [7, 11) is 1.57. The molecule has 0 aliphatic heterocycles. The van der Waals surface area contributed by atoms with E-state index in [1.54, 1.807) is 13.2 Å². The molecule has 3 nitrogen and oxygen atoms in total. The molecule has 2 rings (SSSR count). The highest BCUT2D eigenvalue weighted by Gasteiger charge is 2.08. The standard InChI is InChI=1S/C13H12ClFN2O/c1-8-3-9(5-10(15)4-8)13-16-11(7-18-2)6-12(14)17-13/h3-6H,7H2,1-2H3. The van der Waals surface area contributed by atoms with Crippen molar-refractivity contribution in [3.05, 3.63) is 46.5 Å². The van der Waals surface area contributed by atoms with Gasteiger partial charge in [-0.05, 0) is 36.8 Å². The molecule has 5 heteroatoms. The third-order valence-electron chi connectivity index (χ3n) is 2.34. The molecule has 0 unspecified atom stereocenters. The Hall–Kier alpha value is -1.52. The molecule has 94 valence electrons. The molecule has 0 amide bonds. The lowest BCUT2D eigenvalue weighted by atomic mass is 10.1. The summed E-state index contributed by atoms with van der Waals surface area (Å²) in [4.78, 5) is 8.39. The highest BCUT2D eigenvalue weighted by atomic mass is 35.5. The van der Waals surface area contributed by atoms with Crippen LogP contribution in [-0.4, -0.2) is 17.1 Å². The van der Waals surface area contributed by atoms with Gasteiger partial charge in [0.05, 0.1) is 12.3 Å². The summed E-state index contributed by atoms with van der Waals surface area (Å²) in [5, 5.41) is 0.314. The number of hydrogen-bond donors (Lipinski definition) is 0. The maximum Gasteiger partial charge on any atom is 0.161 e. The number of benzene rings is 1. The molecule has 18 heavy (non-hydrogen) atoms. The van der Waals surface area contributed by atoms with E-state index < -0.39 is 0 Å². The second kappa shape index (κ2) is 5.42. The van der Waals surface area contributed by atoms with Crippen molar-refractivity contribution in [2.24, 2.45) is 0 Å². The van der Waals surface area contributed by atoms with E-state index in [9.17, 15) is 4.39 Å².